The maximum absolute atomic E-state index is 8.93. The Labute approximate surface area is 104 Å². The van der Waals surface area contributed by atoms with Gasteiger partial charge >= 0.3 is 0 Å². The van der Waals surface area contributed by atoms with E-state index in [1.54, 1.807) is 23.1 Å². The number of hydrogen-bond donors (Lipinski definition) is 1. The minimum absolute atomic E-state index is 0.0680. The normalized spacial score (nSPS) is 12.7. The number of nitrogens with zero attached hydrogens (tertiary/aromatic N) is 3. The number of nitrogens with one attached hydrogen (secondary N) is 1. The van der Waals surface area contributed by atoms with Crippen molar-refractivity contribution in [3.63, 3.8) is 0 Å². The molecule has 0 saturated carbocycles. The zero-order valence-electron chi connectivity index (χ0n) is 9.73. The topological polar surface area (TPSA) is 61.6 Å². The monoisotopic (exact) mass is 256 g/mol. The molecule has 0 aliphatic heterocycles. The van der Waals surface area contributed by atoms with Crippen LogP contribution in [0.5, 0.6) is 0 Å². The molecule has 0 aliphatic carbocycles. The Hall–Kier alpha value is -0.640. The quantitative estimate of drug-likeness (QED) is 0.791. The zero-order chi connectivity index (χ0) is 12.0. The van der Waals surface area contributed by atoms with E-state index in [9.17, 15) is 0 Å². The van der Waals surface area contributed by atoms with Crippen molar-refractivity contribution in [3.05, 3.63) is 5.01 Å². The molecule has 1 rings (SSSR count). The Morgan fingerprint density at radius 3 is 2.75 bits per heavy atom. The predicted octanol–water partition coefficient (Wildman–Crippen LogP) is 2.22. The highest BCUT2D eigenvalue weighted by Gasteiger charge is 2.09. The number of nitriles is 1. The molecule has 1 unspecified atom stereocenters. The van der Waals surface area contributed by atoms with Gasteiger partial charge in [0.05, 0.1) is 12.1 Å². The Morgan fingerprint density at radius 1 is 1.50 bits per heavy atom. The summed E-state index contributed by atoms with van der Waals surface area (Å²) in [5.41, 5.74) is 0. The van der Waals surface area contributed by atoms with Gasteiger partial charge in [-0.25, -0.2) is 0 Å². The van der Waals surface area contributed by atoms with Crippen molar-refractivity contribution in [2.24, 2.45) is 0 Å². The third-order valence-corrected chi connectivity index (χ3v) is 3.84. The maximum atomic E-state index is 8.93. The van der Waals surface area contributed by atoms with Crippen molar-refractivity contribution in [1.29, 1.82) is 5.26 Å². The minimum atomic E-state index is -0.0680. The van der Waals surface area contributed by atoms with Crippen LogP contribution in [0.4, 0.5) is 0 Å². The van der Waals surface area contributed by atoms with E-state index in [0.717, 1.165) is 21.5 Å². The largest absolute Gasteiger partial charge is 0.300 e. The standard InChI is InChI=1S/C10H16N4S2/c1-7(2)12-9(6-11)4-5-15-10-14-13-8(3)16-10/h7,9,12H,4-5H2,1-3H3. The van der Waals surface area contributed by atoms with Gasteiger partial charge in [0.25, 0.3) is 0 Å². The lowest BCUT2D eigenvalue weighted by Crippen LogP contribution is -2.33. The molecule has 0 saturated heterocycles. The van der Waals surface area contributed by atoms with E-state index >= 15 is 0 Å². The van der Waals surface area contributed by atoms with Crippen LogP contribution >= 0.6 is 23.1 Å². The molecule has 1 aromatic heterocycles. The fourth-order valence-electron chi connectivity index (χ4n) is 1.19. The fraction of sp³-hybridized carbons (Fsp3) is 0.700. The van der Waals surface area contributed by atoms with Gasteiger partial charge in [0, 0.05) is 11.8 Å². The first kappa shape index (κ1) is 13.4. The fourth-order valence-corrected chi connectivity index (χ4v) is 3.08. The first-order valence-electron chi connectivity index (χ1n) is 5.20. The molecule has 4 nitrogen and oxygen atoms in total. The number of hydrogen-bond acceptors (Lipinski definition) is 6. The van der Waals surface area contributed by atoms with Crippen molar-refractivity contribution in [3.8, 4) is 6.07 Å². The molecule has 16 heavy (non-hydrogen) atoms. The molecule has 1 heterocycles. The summed E-state index contributed by atoms with van der Waals surface area (Å²) in [4.78, 5) is 0. The van der Waals surface area contributed by atoms with E-state index in [2.05, 4.69) is 21.6 Å². The number of aryl methyl sites for hydroxylation is 1. The molecular formula is C10H16N4S2. The first-order chi connectivity index (χ1) is 7.61. The molecule has 6 heteroatoms. The van der Waals surface area contributed by atoms with Gasteiger partial charge in [0.15, 0.2) is 4.34 Å². The molecule has 0 amide bonds. The average molecular weight is 256 g/mol. The van der Waals surface area contributed by atoms with Crippen LogP contribution in [0.1, 0.15) is 25.3 Å². The molecular weight excluding hydrogens is 240 g/mol. The lowest BCUT2D eigenvalue weighted by Gasteiger charge is -2.13. The van der Waals surface area contributed by atoms with Crippen LogP contribution in [-0.2, 0) is 0 Å². The van der Waals surface area contributed by atoms with E-state index in [0.29, 0.717) is 6.04 Å². The Bertz CT molecular complexity index is 356. The molecule has 0 aliphatic rings. The highest BCUT2D eigenvalue weighted by Crippen LogP contribution is 2.22. The number of rotatable bonds is 6. The van der Waals surface area contributed by atoms with Gasteiger partial charge in [-0.05, 0) is 27.2 Å². The zero-order valence-corrected chi connectivity index (χ0v) is 11.4. The molecule has 1 atom stereocenters. The summed E-state index contributed by atoms with van der Waals surface area (Å²) in [6.45, 7) is 6.04. The van der Waals surface area contributed by atoms with Gasteiger partial charge in [-0.1, -0.05) is 23.1 Å². The van der Waals surface area contributed by atoms with Crippen LogP contribution in [0.25, 0.3) is 0 Å². The highest BCUT2D eigenvalue weighted by molar-refractivity contribution is 8.01. The lowest BCUT2D eigenvalue weighted by atomic mass is 10.2. The summed E-state index contributed by atoms with van der Waals surface area (Å²) < 4.78 is 0.985. The third-order valence-electron chi connectivity index (χ3n) is 1.83. The Morgan fingerprint density at radius 2 is 2.25 bits per heavy atom. The summed E-state index contributed by atoms with van der Waals surface area (Å²) in [7, 11) is 0. The van der Waals surface area contributed by atoms with Gasteiger partial charge in [-0.15, -0.1) is 10.2 Å². The van der Waals surface area contributed by atoms with Crippen LogP contribution in [0.15, 0.2) is 4.34 Å². The molecule has 0 spiro atoms. The van der Waals surface area contributed by atoms with E-state index in [1.807, 2.05) is 20.8 Å². The summed E-state index contributed by atoms with van der Waals surface area (Å²) >= 11 is 3.26. The van der Waals surface area contributed by atoms with Crippen molar-refractivity contribution in [1.82, 2.24) is 15.5 Å². The summed E-state index contributed by atoms with van der Waals surface area (Å²) in [6, 6.07) is 2.55. The van der Waals surface area contributed by atoms with Crippen molar-refractivity contribution >= 4 is 23.1 Å². The second-order valence-electron chi connectivity index (χ2n) is 3.73. The smallest absolute Gasteiger partial charge is 0.174 e. The van der Waals surface area contributed by atoms with Crippen LogP contribution in [-0.4, -0.2) is 28.0 Å². The van der Waals surface area contributed by atoms with E-state index < -0.39 is 0 Å². The number of thioether (sulfide) groups is 1. The van der Waals surface area contributed by atoms with Crippen LogP contribution in [0, 0.1) is 18.3 Å². The number of aromatic nitrogens is 2. The van der Waals surface area contributed by atoms with Crippen LogP contribution in [0.3, 0.4) is 0 Å². The molecule has 0 bridgehead atoms. The molecule has 0 aromatic carbocycles. The van der Waals surface area contributed by atoms with E-state index in [1.165, 1.54) is 0 Å². The van der Waals surface area contributed by atoms with Gasteiger partial charge < -0.3 is 0 Å². The minimum Gasteiger partial charge on any atom is -0.300 e. The Balaban J connectivity index is 2.26. The van der Waals surface area contributed by atoms with E-state index in [4.69, 9.17) is 5.26 Å². The average Bonchev–Trinajstić information content (AvgIpc) is 2.62. The van der Waals surface area contributed by atoms with Gasteiger partial charge in [-0.3, -0.25) is 5.32 Å². The molecule has 0 radical (unpaired) electrons. The molecule has 1 aromatic rings. The highest BCUT2D eigenvalue weighted by atomic mass is 32.2. The predicted molar refractivity (Wildman–Crippen MR) is 67.7 cm³/mol. The van der Waals surface area contributed by atoms with Crippen molar-refractivity contribution < 1.29 is 0 Å². The third kappa shape index (κ3) is 4.92. The van der Waals surface area contributed by atoms with Gasteiger partial charge in [0.2, 0.25) is 0 Å². The molecule has 1 N–H and O–H groups in total. The SMILES string of the molecule is Cc1nnc(SCCC(C#N)NC(C)C)s1. The maximum Gasteiger partial charge on any atom is 0.174 e. The van der Waals surface area contributed by atoms with Crippen LogP contribution in [0.2, 0.25) is 0 Å². The summed E-state index contributed by atoms with van der Waals surface area (Å²) in [5, 5.41) is 21.1. The molecule has 0 fully saturated rings. The van der Waals surface area contributed by atoms with Crippen molar-refractivity contribution in [2.45, 2.75) is 43.6 Å². The second-order valence-corrected chi connectivity index (χ2v) is 6.25. The van der Waals surface area contributed by atoms with Gasteiger partial charge in [-0.2, -0.15) is 5.26 Å². The lowest BCUT2D eigenvalue weighted by molar-refractivity contribution is 0.522. The van der Waals surface area contributed by atoms with E-state index in [-0.39, 0.29) is 6.04 Å². The summed E-state index contributed by atoms with van der Waals surface area (Å²) in [6.07, 6.45) is 0.831. The second kappa shape index (κ2) is 6.84. The first-order valence-corrected chi connectivity index (χ1v) is 7.00. The van der Waals surface area contributed by atoms with Crippen molar-refractivity contribution in [2.75, 3.05) is 5.75 Å². The van der Waals surface area contributed by atoms with Crippen LogP contribution < -0.4 is 5.32 Å². The Kier molecular flexibility index (Phi) is 5.74. The summed E-state index contributed by atoms with van der Waals surface area (Å²) in [5.74, 6) is 0.895. The van der Waals surface area contributed by atoms with Gasteiger partial charge in [0.1, 0.15) is 5.01 Å². The molecule has 88 valence electrons.